The predicted octanol–water partition coefficient (Wildman–Crippen LogP) is 4.04. The fourth-order valence-corrected chi connectivity index (χ4v) is 11.0. The minimum absolute atomic E-state index is 0.0652. The van der Waals surface area contributed by atoms with E-state index in [-0.39, 0.29) is 21.9 Å². The Balaban J connectivity index is 1.53. The van der Waals surface area contributed by atoms with Crippen molar-refractivity contribution < 1.29 is 12.8 Å². The zero-order chi connectivity index (χ0) is 26.5. The average molecular weight is 535 g/mol. The highest BCUT2D eigenvalue weighted by atomic mass is 32.2. The standard InChI is InChI=1S/C28H34N4O3SSi/c1-23(22-36(33,34)27-29-30-31-32(27)24-14-8-5-9-15-24)20-21-35-37(28(2,3)4,25-16-10-6-11-17-25)26-18-12-7-13-19-26/h5-19,23H,20-22H2,1-4H3/t23-/m1/s1. The van der Waals surface area contributed by atoms with Crippen LogP contribution in [0, 0.1) is 5.92 Å². The van der Waals surface area contributed by atoms with Crippen molar-refractivity contribution in [2.24, 2.45) is 5.92 Å². The molecule has 1 atom stereocenters. The van der Waals surface area contributed by atoms with E-state index in [2.05, 4.69) is 84.8 Å². The lowest BCUT2D eigenvalue weighted by Gasteiger charge is -2.43. The molecule has 194 valence electrons. The van der Waals surface area contributed by atoms with E-state index in [1.165, 1.54) is 15.1 Å². The highest BCUT2D eigenvalue weighted by Gasteiger charge is 2.50. The van der Waals surface area contributed by atoms with Gasteiger partial charge < -0.3 is 4.43 Å². The summed E-state index contributed by atoms with van der Waals surface area (Å²) in [4.78, 5) is 0. The van der Waals surface area contributed by atoms with E-state index < -0.39 is 18.2 Å². The maximum atomic E-state index is 13.3. The fraction of sp³-hybridized carbons (Fsp3) is 0.321. The Morgan fingerprint density at radius 3 is 1.89 bits per heavy atom. The van der Waals surface area contributed by atoms with Crippen LogP contribution in [0.4, 0.5) is 0 Å². The van der Waals surface area contributed by atoms with Gasteiger partial charge in [-0.05, 0) is 50.3 Å². The number of para-hydroxylation sites is 1. The number of hydrogen-bond acceptors (Lipinski definition) is 6. The second-order valence-corrected chi connectivity index (χ2v) is 16.6. The van der Waals surface area contributed by atoms with Gasteiger partial charge in [-0.25, -0.2) is 8.42 Å². The number of aromatic nitrogens is 4. The van der Waals surface area contributed by atoms with Gasteiger partial charge >= 0.3 is 0 Å². The average Bonchev–Trinajstić information content (AvgIpc) is 3.39. The number of hydrogen-bond donors (Lipinski definition) is 0. The molecule has 0 radical (unpaired) electrons. The second-order valence-electron chi connectivity index (χ2n) is 10.4. The number of nitrogens with zero attached hydrogens (tertiary/aromatic N) is 4. The number of rotatable bonds is 10. The summed E-state index contributed by atoms with van der Waals surface area (Å²) < 4.78 is 34.7. The first-order valence-electron chi connectivity index (χ1n) is 12.5. The van der Waals surface area contributed by atoms with E-state index in [1.54, 1.807) is 12.1 Å². The van der Waals surface area contributed by atoms with E-state index in [0.717, 1.165) is 0 Å². The van der Waals surface area contributed by atoms with Crippen molar-refractivity contribution >= 4 is 28.5 Å². The van der Waals surface area contributed by atoms with Crippen LogP contribution in [0.15, 0.2) is 96.2 Å². The van der Waals surface area contributed by atoms with Crippen LogP contribution in [0.25, 0.3) is 5.69 Å². The molecule has 0 spiro atoms. The molecule has 1 heterocycles. The van der Waals surface area contributed by atoms with Crippen molar-refractivity contribution in [1.82, 2.24) is 20.2 Å². The topological polar surface area (TPSA) is 87.0 Å². The Kier molecular flexibility index (Phi) is 8.06. The van der Waals surface area contributed by atoms with Gasteiger partial charge in [0.05, 0.1) is 11.4 Å². The molecule has 9 heteroatoms. The van der Waals surface area contributed by atoms with Gasteiger partial charge in [0.1, 0.15) is 0 Å². The number of tetrazole rings is 1. The van der Waals surface area contributed by atoms with Gasteiger partial charge in [-0.3, -0.25) is 0 Å². The molecule has 0 saturated carbocycles. The third kappa shape index (κ3) is 5.74. The molecule has 0 fully saturated rings. The van der Waals surface area contributed by atoms with E-state index in [0.29, 0.717) is 18.7 Å². The minimum Gasteiger partial charge on any atom is -0.407 e. The molecule has 0 unspecified atom stereocenters. The van der Waals surface area contributed by atoms with Gasteiger partial charge in [-0.2, -0.15) is 4.68 Å². The smallest absolute Gasteiger partial charge is 0.272 e. The summed E-state index contributed by atoms with van der Waals surface area (Å²) in [6.45, 7) is 9.08. The molecule has 1 aromatic heterocycles. The van der Waals surface area contributed by atoms with Crippen molar-refractivity contribution in [3.63, 3.8) is 0 Å². The van der Waals surface area contributed by atoms with Gasteiger partial charge in [-0.15, -0.1) is 0 Å². The van der Waals surface area contributed by atoms with Crippen molar-refractivity contribution in [2.45, 2.75) is 44.3 Å². The lowest BCUT2D eigenvalue weighted by Crippen LogP contribution is -2.66. The summed E-state index contributed by atoms with van der Waals surface area (Å²) in [5, 5.41) is 13.5. The fourth-order valence-electron chi connectivity index (χ4n) is 4.81. The van der Waals surface area contributed by atoms with Gasteiger partial charge in [0.15, 0.2) is 0 Å². The predicted molar refractivity (Wildman–Crippen MR) is 149 cm³/mol. The Morgan fingerprint density at radius 2 is 1.38 bits per heavy atom. The summed E-state index contributed by atoms with van der Waals surface area (Å²) in [6.07, 6.45) is 0.594. The Morgan fingerprint density at radius 1 is 0.865 bits per heavy atom. The Bertz CT molecular complexity index is 1350. The summed E-state index contributed by atoms with van der Waals surface area (Å²) in [5.41, 5.74) is 0.605. The van der Waals surface area contributed by atoms with Crippen LogP contribution >= 0.6 is 0 Å². The SMILES string of the molecule is C[C@H](CCO[Si](c1ccccc1)(c1ccccc1)C(C)(C)C)CS(=O)(=O)c1nnnn1-c1ccccc1. The van der Waals surface area contributed by atoms with Crippen molar-refractivity contribution in [3.05, 3.63) is 91.0 Å². The first kappa shape index (κ1) is 26.9. The lowest BCUT2D eigenvalue weighted by molar-refractivity contribution is 0.273. The second kappa shape index (κ2) is 11.1. The quantitative estimate of drug-likeness (QED) is 0.286. The molecule has 0 aliphatic heterocycles. The van der Waals surface area contributed by atoms with E-state index >= 15 is 0 Å². The number of sulfone groups is 1. The van der Waals surface area contributed by atoms with Crippen LogP contribution < -0.4 is 10.4 Å². The van der Waals surface area contributed by atoms with Crippen molar-refractivity contribution in [1.29, 1.82) is 0 Å². The van der Waals surface area contributed by atoms with Crippen molar-refractivity contribution in [2.75, 3.05) is 12.4 Å². The van der Waals surface area contributed by atoms with Crippen LogP contribution in [-0.4, -0.2) is 49.3 Å². The highest BCUT2D eigenvalue weighted by Crippen LogP contribution is 2.37. The molecule has 4 rings (SSSR count). The zero-order valence-electron chi connectivity index (χ0n) is 21.8. The summed E-state index contributed by atoms with van der Waals surface area (Å²) in [5.74, 6) is -0.214. The van der Waals surface area contributed by atoms with Crippen LogP contribution in [-0.2, 0) is 14.3 Å². The third-order valence-corrected chi connectivity index (χ3v) is 13.4. The first-order valence-corrected chi connectivity index (χ1v) is 16.0. The molecule has 0 aliphatic rings. The van der Waals surface area contributed by atoms with Gasteiger partial charge in [-0.1, -0.05) is 112 Å². The molecule has 7 nitrogen and oxygen atoms in total. The van der Waals surface area contributed by atoms with Crippen LogP contribution in [0.1, 0.15) is 34.1 Å². The molecule has 0 bridgehead atoms. The number of benzene rings is 3. The molecule has 0 amide bonds. The molecular formula is C28H34N4O3SSi. The monoisotopic (exact) mass is 534 g/mol. The van der Waals surface area contributed by atoms with E-state index in [1.807, 2.05) is 37.3 Å². The summed E-state index contributed by atoms with van der Waals surface area (Å²) in [7, 11) is -6.38. The zero-order valence-corrected chi connectivity index (χ0v) is 23.6. The maximum Gasteiger partial charge on any atom is 0.272 e. The molecular weight excluding hydrogens is 500 g/mol. The van der Waals surface area contributed by atoms with Gasteiger partial charge in [0.25, 0.3) is 13.5 Å². The molecule has 37 heavy (non-hydrogen) atoms. The third-order valence-electron chi connectivity index (χ3n) is 6.57. The van der Waals surface area contributed by atoms with Crippen LogP contribution in [0.3, 0.4) is 0 Å². The van der Waals surface area contributed by atoms with Gasteiger partial charge in [0, 0.05) is 6.61 Å². The minimum atomic E-state index is -3.71. The Labute approximate surface area is 220 Å². The normalized spacial score (nSPS) is 13.4. The molecule has 0 aliphatic carbocycles. The van der Waals surface area contributed by atoms with Crippen molar-refractivity contribution in [3.8, 4) is 5.69 Å². The Hall–Kier alpha value is -3.14. The van der Waals surface area contributed by atoms with E-state index in [9.17, 15) is 8.42 Å². The molecule has 4 aromatic rings. The van der Waals surface area contributed by atoms with Crippen LogP contribution in [0.5, 0.6) is 0 Å². The maximum absolute atomic E-state index is 13.3. The molecule has 3 aromatic carbocycles. The molecule has 0 N–H and O–H groups in total. The first-order chi connectivity index (χ1) is 17.6. The van der Waals surface area contributed by atoms with Crippen LogP contribution in [0.2, 0.25) is 5.04 Å². The van der Waals surface area contributed by atoms with E-state index in [4.69, 9.17) is 4.43 Å². The molecule has 0 saturated heterocycles. The highest BCUT2D eigenvalue weighted by molar-refractivity contribution is 7.91. The van der Waals surface area contributed by atoms with Gasteiger partial charge in [0.2, 0.25) is 9.84 Å². The summed E-state index contributed by atoms with van der Waals surface area (Å²) >= 11 is 0. The lowest BCUT2D eigenvalue weighted by atomic mass is 10.1. The largest absolute Gasteiger partial charge is 0.407 e. The summed E-state index contributed by atoms with van der Waals surface area (Å²) in [6, 6.07) is 29.9.